The average molecular weight is 122 g/mol. The highest BCUT2D eigenvalue weighted by Gasteiger charge is 1.59. The van der Waals surface area contributed by atoms with Crippen LogP contribution in [0.3, 0.4) is 0 Å². The van der Waals surface area contributed by atoms with E-state index in [9.17, 15) is 0 Å². The molecule has 0 aliphatic carbocycles. The molecule has 0 amide bonds. The molecule has 4 heteroatoms. The first-order valence-electron chi connectivity index (χ1n) is 2.21. The minimum Gasteiger partial charge on any atom is -0.337 e. The Morgan fingerprint density at radius 2 is 1.33 bits per heavy atom. The van der Waals surface area contributed by atoms with Crippen LogP contribution in [0.25, 0.3) is 0 Å². The molecular weight excluding hydrogens is 116 g/mol. The summed E-state index contributed by atoms with van der Waals surface area (Å²) in [7, 11) is 0. The average Bonchev–Trinajstić information content (AvgIpc) is 1.93. The Morgan fingerprint density at radius 1 is 1.11 bits per heavy atom. The number of aromatic nitrogens is 2. The van der Waals surface area contributed by atoms with Crippen LogP contribution < -0.4 is 5.73 Å². The van der Waals surface area contributed by atoms with E-state index in [2.05, 4.69) is 15.7 Å². The van der Waals surface area contributed by atoms with Crippen molar-refractivity contribution in [2.75, 3.05) is 0 Å². The normalized spacial score (nSPS) is 6.11. The monoisotopic (exact) mass is 122 g/mol. The van der Waals surface area contributed by atoms with Crippen molar-refractivity contribution in [3.63, 3.8) is 0 Å². The molecule has 0 aliphatic heterocycles. The SMILES string of the molecule is N#CN.c1cnccn1. The smallest absolute Gasteiger partial charge is 0.173 e. The van der Waals surface area contributed by atoms with E-state index in [4.69, 9.17) is 5.26 Å². The highest BCUT2D eigenvalue weighted by atomic mass is 14.7. The molecule has 0 saturated carbocycles. The molecule has 1 aromatic rings. The Labute approximate surface area is 53.0 Å². The lowest BCUT2D eigenvalue weighted by atomic mass is 10.8. The zero-order chi connectivity index (χ0) is 6.95. The van der Waals surface area contributed by atoms with Gasteiger partial charge in [-0.15, -0.1) is 0 Å². The molecule has 0 spiro atoms. The molecule has 1 rings (SSSR count). The van der Waals surface area contributed by atoms with E-state index >= 15 is 0 Å². The Hall–Kier alpha value is -1.63. The summed E-state index contributed by atoms with van der Waals surface area (Å²) in [5.41, 5.74) is 4.15. The molecule has 0 aromatic carbocycles. The second kappa shape index (κ2) is 6.37. The summed E-state index contributed by atoms with van der Waals surface area (Å²) >= 11 is 0. The summed E-state index contributed by atoms with van der Waals surface area (Å²) in [6.07, 6.45) is 7.81. The Balaban J connectivity index is 0.000000187. The van der Waals surface area contributed by atoms with E-state index in [1.165, 1.54) is 6.19 Å². The first-order valence-corrected chi connectivity index (χ1v) is 2.21. The standard InChI is InChI=1S/C4H4N2.CH2N2/c1-2-6-4-3-5-1;2-1-3/h1-4H;2H2. The van der Waals surface area contributed by atoms with Gasteiger partial charge in [0.15, 0.2) is 6.19 Å². The van der Waals surface area contributed by atoms with Gasteiger partial charge in [-0.25, -0.2) is 0 Å². The molecule has 2 N–H and O–H groups in total. The van der Waals surface area contributed by atoms with E-state index in [0.717, 1.165) is 0 Å². The van der Waals surface area contributed by atoms with Crippen LogP contribution in [0.5, 0.6) is 0 Å². The van der Waals surface area contributed by atoms with Crippen LogP contribution in [-0.4, -0.2) is 9.97 Å². The first-order chi connectivity index (χ1) is 4.41. The summed E-state index contributed by atoms with van der Waals surface area (Å²) in [5.74, 6) is 0. The summed E-state index contributed by atoms with van der Waals surface area (Å²) in [4.78, 5) is 7.44. The van der Waals surface area contributed by atoms with Gasteiger partial charge >= 0.3 is 0 Å². The number of nitriles is 1. The van der Waals surface area contributed by atoms with Crippen molar-refractivity contribution in [1.29, 1.82) is 5.26 Å². The van der Waals surface area contributed by atoms with E-state index in [1.807, 2.05) is 0 Å². The van der Waals surface area contributed by atoms with Gasteiger partial charge in [0.2, 0.25) is 0 Å². The maximum Gasteiger partial charge on any atom is 0.173 e. The molecule has 46 valence electrons. The van der Waals surface area contributed by atoms with Gasteiger partial charge in [-0.2, -0.15) is 5.26 Å². The van der Waals surface area contributed by atoms with E-state index in [-0.39, 0.29) is 0 Å². The number of rotatable bonds is 0. The summed E-state index contributed by atoms with van der Waals surface area (Å²) in [6, 6.07) is 0. The van der Waals surface area contributed by atoms with Crippen molar-refractivity contribution in [2.45, 2.75) is 0 Å². The Morgan fingerprint density at radius 3 is 1.44 bits per heavy atom. The van der Waals surface area contributed by atoms with Gasteiger partial charge in [0.05, 0.1) is 0 Å². The fraction of sp³-hybridized carbons (Fsp3) is 0. The highest BCUT2D eigenvalue weighted by molar-refractivity contribution is 4.70. The van der Waals surface area contributed by atoms with Gasteiger partial charge in [0, 0.05) is 24.8 Å². The van der Waals surface area contributed by atoms with E-state index in [1.54, 1.807) is 24.8 Å². The van der Waals surface area contributed by atoms with Crippen LogP contribution >= 0.6 is 0 Å². The second-order valence-electron chi connectivity index (χ2n) is 1.02. The van der Waals surface area contributed by atoms with Crippen molar-refractivity contribution < 1.29 is 0 Å². The van der Waals surface area contributed by atoms with Gasteiger partial charge in [0.1, 0.15) is 0 Å². The van der Waals surface area contributed by atoms with E-state index in [0.29, 0.717) is 0 Å². The number of nitrogens with zero attached hydrogens (tertiary/aromatic N) is 3. The van der Waals surface area contributed by atoms with E-state index < -0.39 is 0 Å². The van der Waals surface area contributed by atoms with Crippen LogP contribution in [-0.2, 0) is 0 Å². The third-order valence-electron chi connectivity index (χ3n) is 0.478. The van der Waals surface area contributed by atoms with Crippen LogP contribution in [0.15, 0.2) is 24.8 Å². The van der Waals surface area contributed by atoms with Gasteiger partial charge in [-0.1, -0.05) is 0 Å². The highest BCUT2D eigenvalue weighted by Crippen LogP contribution is 1.65. The molecule has 0 bridgehead atoms. The molecule has 1 heterocycles. The predicted octanol–water partition coefficient (Wildman–Crippen LogP) is -0.0972. The van der Waals surface area contributed by atoms with Crippen LogP contribution in [0.1, 0.15) is 0 Å². The Kier molecular flexibility index (Phi) is 5.22. The number of hydrogen-bond donors (Lipinski definition) is 1. The van der Waals surface area contributed by atoms with Gasteiger partial charge in [0.25, 0.3) is 0 Å². The molecule has 0 radical (unpaired) electrons. The van der Waals surface area contributed by atoms with Crippen LogP contribution in [0.2, 0.25) is 0 Å². The fourth-order valence-corrected chi connectivity index (χ4v) is 0.253. The van der Waals surface area contributed by atoms with Crippen LogP contribution in [0.4, 0.5) is 0 Å². The zero-order valence-corrected chi connectivity index (χ0v) is 4.73. The van der Waals surface area contributed by atoms with Crippen molar-refractivity contribution >= 4 is 0 Å². The van der Waals surface area contributed by atoms with Gasteiger partial charge in [-0.3, -0.25) is 9.97 Å². The van der Waals surface area contributed by atoms with Crippen molar-refractivity contribution in [2.24, 2.45) is 5.73 Å². The summed E-state index contributed by atoms with van der Waals surface area (Å²) < 4.78 is 0. The molecule has 0 unspecified atom stereocenters. The molecule has 9 heavy (non-hydrogen) atoms. The Bertz CT molecular complexity index is 139. The minimum atomic E-state index is 1.25. The number of hydrogen-bond acceptors (Lipinski definition) is 4. The number of nitrogens with two attached hydrogens (primary N) is 1. The maximum atomic E-state index is 7.10. The molecule has 0 aliphatic rings. The molecule has 0 saturated heterocycles. The predicted molar refractivity (Wildman–Crippen MR) is 31.8 cm³/mol. The topological polar surface area (TPSA) is 75.6 Å². The van der Waals surface area contributed by atoms with Gasteiger partial charge in [-0.05, 0) is 0 Å². The van der Waals surface area contributed by atoms with Gasteiger partial charge < -0.3 is 5.73 Å². The molecule has 4 nitrogen and oxygen atoms in total. The quantitative estimate of drug-likeness (QED) is 0.385. The second-order valence-corrected chi connectivity index (χ2v) is 1.02. The lowest BCUT2D eigenvalue weighted by Gasteiger charge is -1.70. The zero-order valence-electron chi connectivity index (χ0n) is 4.73. The molecule has 0 fully saturated rings. The largest absolute Gasteiger partial charge is 0.337 e. The summed E-state index contributed by atoms with van der Waals surface area (Å²) in [5, 5.41) is 7.10. The third kappa shape index (κ3) is 6.37. The molecule has 0 atom stereocenters. The van der Waals surface area contributed by atoms with Crippen molar-refractivity contribution in [1.82, 2.24) is 9.97 Å². The third-order valence-corrected chi connectivity index (χ3v) is 0.478. The van der Waals surface area contributed by atoms with Crippen molar-refractivity contribution in [3.05, 3.63) is 24.8 Å². The lowest BCUT2D eigenvalue weighted by Crippen LogP contribution is -1.69. The van der Waals surface area contributed by atoms with Crippen LogP contribution in [0, 0.1) is 11.5 Å². The molecular formula is C5H6N4. The summed E-state index contributed by atoms with van der Waals surface area (Å²) in [6.45, 7) is 0. The molecule has 1 aromatic heterocycles. The lowest BCUT2D eigenvalue weighted by molar-refractivity contribution is 1.20. The van der Waals surface area contributed by atoms with Crippen molar-refractivity contribution in [3.8, 4) is 6.19 Å². The maximum absolute atomic E-state index is 7.10. The first kappa shape index (κ1) is 7.37. The minimum absolute atomic E-state index is 1.25. The fourth-order valence-electron chi connectivity index (χ4n) is 0.253.